The maximum absolute atomic E-state index is 14.2. The molecule has 3 fully saturated rings. The first kappa shape index (κ1) is 54.9. The Bertz CT molecular complexity index is 2690. The smallest absolute Gasteiger partial charge is 0.248 e. The van der Waals surface area contributed by atoms with Crippen molar-refractivity contribution < 1.29 is 48.0 Å². The molecule has 0 spiro atoms. The zero-order valence-corrected chi connectivity index (χ0v) is 44.9. The fourth-order valence-corrected chi connectivity index (χ4v) is 11.1. The third kappa shape index (κ3) is 13.7. The molecule has 396 valence electrons. The van der Waals surface area contributed by atoms with Crippen molar-refractivity contribution in [3.63, 3.8) is 0 Å². The Balaban J connectivity index is 0.721. The van der Waals surface area contributed by atoms with Crippen LogP contribution in [0.3, 0.4) is 0 Å². The van der Waals surface area contributed by atoms with Crippen LogP contribution in [0.2, 0.25) is 10.0 Å². The number of rotatable bonds is 21. The summed E-state index contributed by atoms with van der Waals surface area (Å²) in [6.45, 7) is 12.7. The number of hydrogen-bond acceptors (Lipinski definition) is 13. The molecule has 3 saturated heterocycles. The number of imidazole rings is 1. The Morgan fingerprint density at radius 1 is 0.959 bits per heavy atom. The van der Waals surface area contributed by atoms with Gasteiger partial charge in [0.05, 0.1) is 49.9 Å². The first-order valence-corrected chi connectivity index (χ1v) is 26.7. The molecule has 0 aliphatic carbocycles. The first-order valence-electron chi connectivity index (χ1n) is 25.1. The SMILES string of the molecule is Cc1ccsc1-c1ccc([C@H](C)NC(=O)[C@@H]2C[C@@H](O)CN2C(=O)[C@@H](CC(=O)COCCOCC(=O)N2CCN(c3ccc(OC[C@H]4CO[C@](Cn5ccnc5)(c5ccc(Cl)cc5Cl)O4)cc3)CC2)C(C)(C)C)cc1. The summed E-state index contributed by atoms with van der Waals surface area (Å²) >= 11 is 14.5. The minimum Gasteiger partial charge on any atom is -0.491 e. The molecule has 0 bridgehead atoms. The van der Waals surface area contributed by atoms with E-state index in [0.29, 0.717) is 60.7 Å². The highest BCUT2D eigenvalue weighted by Crippen LogP contribution is 2.41. The summed E-state index contributed by atoms with van der Waals surface area (Å²) in [7, 11) is 0. The number of β-amino-alcohol motifs (C(OH)–C–C–N with tert-alkyl or cyclic N) is 1. The minimum atomic E-state index is -1.15. The summed E-state index contributed by atoms with van der Waals surface area (Å²) in [6, 6.07) is 22.0. The molecule has 8 rings (SSSR count). The molecule has 2 N–H and O–H groups in total. The van der Waals surface area contributed by atoms with Crippen LogP contribution in [0.25, 0.3) is 10.4 Å². The van der Waals surface area contributed by atoms with Gasteiger partial charge in [0.25, 0.3) is 0 Å². The molecule has 3 amide bonds. The van der Waals surface area contributed by atoms with Crippen molar-refractivity contribution >= 4 is 63.7 Å². The van der Waals surface area contributed by atoms with E-state index in [1.54, 1.807) is 40.9 Å². The molecule has 6 atom stereocenters. The summed E-state index contributed by atoms with van der Waals surface area (Å²) in [5, 5.41) is 16.7. The number of nitrogens with one attached hydrogen (secondary N) is 1. The molecule has 5 aromatic rings. The van der Waals surface area contributed by atoms with Crippen molar-refractivity contribution in [2.45, 2.75) is 84.1 Å². The number of hydrogen-bond donors (Lipinski definition) is 2. The van der Waals surface area contributed by atoms with Gasteiger partial charge in [-0.05, 0) is 83.8 Å². The van der Waals surface area contributed by atoms with Gasteiger partial charge in [-0.3, -0.25) is 19.2 Å². The van der Waals surface area contributed by atoms with Gasteiger partial charge < -0.3 is 53.4 Å². The highest BCUT2D eigenvalue weighted by atomic mass is 35.5. The number of carbonyl (C=O) groups is 4. The molecule has 3 aliphatic heterocycles. The predicted molar refractivity (Wildman–Crippen MR) is 283 cm³/mol. The molecular formula is C55H66Cl2N6O10S. The number of ketones is 1. The van der Waals surface area contributed by atoms with Gasteiger partial charge in [0.15, 0.2) is 5.78 Å². The highest BCUT2D eigenvalue weighted by molar-refractivity contribution is 7.13. The number of anilines is 1. The predicted octanol–water partition coefficient (Wildman–Crippen LogP) is 7.72. The lowest BCUT2D eigenvalue weighted by molar-refractivity contribution is -0.189. The van der Waals surface area contributed by atoms with E-state index < -0.39 is 29.3 Å². The summed E-state index contributed by atoms with van der Waals surface area (Å²) in [5.74, 6) is -2.33. The molecule has 19 heteroatoms. The molecule has 0 saturated carbocycles. The largest absolute Gasteiger partial charge is 0.491 e. The second kappa shape index (κ2) is 24.5. The van der Waals surface area contributed by atoms with Crippen LogP contribution in [0, 0.1) is 18.3 Å². The maximum atomic E-state index is 14.2. The van der Waals surface area contributed by atoms with Crippen molar-refractivity contribution in [3.05, 3.63) is 124 Å². The number of aliphatic hydroxyl groups is 1. The second-order valence-electron chi connectivity index (χ2n) is 20.3. The average Bonchev–Trinajstić information content (AvgIpc) is 4.22. The van der Waals surface area contributed by atoms with E-state index >= 15 is 0 Å². The van der Waals surface area contributed by atoms with E-state index in [-0.39, 0.29) is 88.1 Å². The summed E-state index contributed by atoms with van der Waals surface area (Å²) < 4.78 is 32.1. The van der Waals surface area contributed by atoms with E-state index in [1.807, 2.05) is 93.1 Å². The molecule has 0 unspecified atom stereocenters. The zero-order valence-electron chi connectivity index (χ0n) is 42.5. The van der Waals surface area contributed by atoms with Crippen LogP contribution in [-0.2, 0) is 50.5 Å². The summed E-state index contributed by atoms with van der Waals surface area (Å²) in [4.78, 5) is 64.9. The number of piperazine rings is 1. The molecule has 0 radical (unpaired) electrons. The van der Waals surface area contributed by atoms with E-state index in [4.69, 9.17) is 46.9 Å². The molecule has 74 heavy (non-hydrogen) atoms. The zero-order chi connectivity index (χ0) is 52.6. The third-order valence-electron chi connectivity index (χ3n) is 13.8. The number of halogens is 2. The van der Waals surface area contributed by atoms with Gasteiger partial charge in [0.1, 0.15) is 37.7 Å². The normalized spacial score (nSPS) is 20.9. The van der Waals surface area contributed by atoms with Gasteiger partial charge in [-0.15, -0.1) is 11.3 Å². The van der Waals surface area contributed by atoms with E-state index in [9.17, 15) is 24.3 Å². The number of Topliss-reactive ketones (excluding diaryl/α,β-unsaturated/α-hetero) is 1. The van der Waals surface area contributed by atoms with Crippen molar-refractivity contribution in [1.29, 1.82) is 0 Å². The van der Waals surface area contributed by atoms with Crippen LogP contribution in [0.15, 0.2) is 96.9 Å². The number of carbonyl (C=O) groups excluding carboxylic acids is 4. The van der Waals surface area contributed by atoms with Crippen molar-refractivity contribution in [2.75, 3.05) is 77.3 Å². The maximum Gasteiger partial charge on any atom is 0.248 e. The lowest BCUT2D eigenvalue weighted by atomic mass is 9.77. The molecule has 5 heterocycles. The van der Waals surface area contributed by atoms with Crippen LogP contribution in [0.4, 0.5) is 5.69 Å². The molecule has 16 nitrogen and oxygen atoms in total. The number of aromatic nitrogens is 2. The van der Waals surface area contributed by atoms with Gasteiger partial charge in [-0.1, -0.05) is 74.3 Å². The monoisotopic (exact) mass is 1070 g/mol. The molecule has 3 aliphatic rings. The fraction of sp³-hybridized carbons (Fsp3) is 0.473. The number of benzene rings is 3. The Morgan fingerprint density at radius 3 is 2.35 bits per heavy atom. The fourth-order valence-electron chi connectivity index (χ4n) is 9.63. The number of amides is 3. The topological polar surface area (TPSA) is 174 Å². The van der Waals surface area contributed by atoms with Crippen LogP contribution >= 0.6 is 34.5 Å². The quantitative estimate of drug-likeness (QED) is 0.0687. The van der Waals surface area contributed by atoms with Gasteiger partial charge in [-0.2, -0.15) is 0 Å². The number of aryl methyl sites for hydroxylation is 1. The summed E-state index contributed by atoms with van der Waals surface area (Å²) in [6.07, 6.45) is 4.00. The van der Waals surface area contributed by atoms with Gasteiger partial charge in [-0.25, -0.2) is 4.98 Å². The molecule has 3 aromatic carbocycles. The number of ether oxygens (including phenoxy) is 5. The van der Waals surface area contributed by atoms with Crippen molar-refractivity contribution in [3.8, 4) is 16.2 Å². The van der Waals surface area contributed by atoms with Crippen LogP contribution in [-0.4, -0.2) is 139 Å². The standard InChI is InChI=1S/C55H66Cl2N6O10S/c1-36-16-25-74-51(36)39-8-6-38(7-9-39)37(2)59-52(67)49-28-42(64)29-63(49)53(68)47(54(3,4)5)27-43(65)30-69-23-24-70-33-50(66)62-21-19-61(20-22-62)41-11-13-44(14-12-41)71-31-45-32-72-55(73-45,34-60-18-17-58-35-60)46-15-10-40(56)26-48(46)57/h6-18,25-26,35,37,42,45,47,49,64H,19-24,27-34H2,1-5H3,(H,59,67)/t37-,42+,45-,47+,49-,55-/m0/s1. The highest BCUT2D eigenvalue weighted by Gasteiger charge is 2.46. The Labute approximate surface area is 446 Å². The van der Waals surface area contributed by atoms with E-state index in [1.165, 1.54) is 15.3 Å². The number of likely N-dealkylation sites (tertiary alicyclic amines) is 1. The van der Waals surface area contributed by atoms with E-state index in [2.05, 4.69) is 33.6 Å². The van der Waals surface area contributed by atoms with Gasteiger partial charge in [0.2, 0.25) is 23.5 Å². The van der Waals surface area contributed by atoms with Crippen molar-refractivity contribution in [1.82, 2.24) is 24.7 Å². The Kier molecular flexibility index (Phi) is 18.2. The average molecular weight is 1070 g/mol. The molecular weight excluding hydrogens is 1010 g/mol. The lowest BCUT2D eigenvalue weighted by Gasteiger charge is -2.36. The molecule has 2 aromatic heterocycles. The van der Waals surface area contributed by atoms with Crippen molar-refractivity contribution in [2.24, 2.45) is 11.3 Å². The number of thiophene rings is 1. The third-order valence-corrected chi connectivity index (χ3v) is 15.4. The van der Waals surface area contributed by atoms with E-state index in [0.717, 1.165) is 16.8 Å². The summed E-state index contributed by atoms with van der Waals surface area (Å²) in [5.41, 5.74) is 4.29. The van der Waals surface area contributed by atoms with Gasteiger partial charge >= 0.3 is 0 Å². The lowest BCUT2D eigenvalue weighted by Crippen LogP contribution is -2.50. The number of nitrogens with zero attached hydrogens (tertiary/aromatic N) is 5. The second-order valence-corrected chi connectivity index (χ2v) is 22.0. The Morgan fingerprint density at radius 2 is 1.69 bits per heavy atom. The minimum absolute atomic E-state index is 0.00281. The number of aliphatic hydroxyl groups excluding tert-OH is 1. The van der Waals surface area contributed by atoms with Crippen LogP contribution in [0.1, 0.15) is 63.3 Å². The Hall–Kier alpha value is -5.37. The first-order chi connectivity index (χ1) is 35.5. The van der Waals surface area contributed by atoms with Gasteiger partial charge in [0, 0.05) is 85.0 Å². The van der Waals surface area contributed by atoms with Crippen LogP contribution in [0.5, 0.6) is 5.75 Å². The van der Waals surface area contributed by atoms with Crippen LogP contribution < -0.4 is 15.0 Å².